The van der Waals surface area contributed by atoms with Crippen LogP contribution in [0, 0.1) is 49.8 Å². The highest BCUT2D eigenvalue weighted by Gasteiger charge is 2.54. The van der Waals surface area contributed by atoms with Gasteiger partial charge < -0.3 is 14.1 Å². The summed E-state index contributed by atoms with van der Waals surface area (Å²) in [5, 5.41) is 9.78. The monoisotopic (exact) mass is 626 g/mol. The number of halogens is 1. The van der Waals surface area contributed by atoms with Crippen LogP contribution in [0.15, 0.2) is 40.1 Å². The molecule has 0 bridgehead atoms. The molecule has 2 fully saturated rings. The number of carbonyl (C=O) groups excluding carboxylic acids is 1. The van der Waals surface area contributed by atoms with Crippen LogP contribution in [0.3, 0.4) is 0 Å². The molecule has 5 heterocycles. The van der Waals surface area contributed by atoms with E-state index >= 15 is 4.39 Å². The number of thiophene rings is 1. The Kier molecular flexibility index (Phi) is 6.96. The van der Waals surface area contributed by atoms with E-state index in [9.17, 15) is 4.79 Å². The molecule has 1 atom stereocenters. The first kappa shape index (κ1) is 29.4. The van der Waals surface area contributed by atoms with E-state index in [-0.39, 0.29) is 23.2 Å². The molecule has 1 saturated heterocycles. The van der Waals surface area contributed by atoms with Gasteiger partial charge in [-0.3, -0.25) is 9.56 Å². The average Bonchev–Trinajstić information content (AvgIpc) is 3.62. The minimum Gasteiger partial charge on any atom is -0.449 e. The zero-order valence-corrected chi connectivity index (χ0v) is 27.1. The van der Waals surface area contributed by atoms with E-state index in [0.29, 0.717) is 48.1 Å². The van der Waals surface area contributed by atoms with Crippen LogP contribution in [0.4, 0.5) is 9.18 Å². The van der Waals surface area contributed by atoms with Crippen molar-refractivity contribution in [1.29, 1.82) is 0 Å². The van der Waals surface area contributed by atoms with Crippen molar-refractivity contribution in [2.45, 2.75) is 72.4 Å². The van der Waals surface area contributed by atoms with Crippen LogP contribution in [0.2, 0.25) is 0 Å². The minimum absolute atomic E-state index is 0.139. The van der Waals surface area contributed by atoms with Crippen LogP contribution in [0.1, 0.15) is 84.3 Å². The molecule has 11 heteroatoms. The van der Waals surface area contributed by atoms with Crippen LogP contribution in [0.5, 0.6) is 0 Å². The molecule has 4 aromatic rings. The molecule has 3 aromatic heterocycles. The molecule has 232 valence electrons. The number of aliphatic imine (C=N–C) groups is 1. The van der Waals surface area contributed by atoms with Crippen LogP contribution >= 0.6 is 11.3 Å². The Labute approximate surface area is 265 Å². The van der Waals surface area contributed by atoms with Gasteiger partial charge in [-0.05, 0) is 78.1 Å². The highest BCUT2D eigenvalue weighted by Crippen LogP contribution is 2.52. The standard InChI is InChI=1S/C34H35FN6O3S/c1-19-20(2)45-31-28(19)29(37-26(14-27-36-11-12-43-27)30-39-38-21(3)41(30)31)24-10-9-22(13-25(24)35)7-8-23-15-34(16-23)17-40(18-34)32(42)44-33(4,5)6/h9-13,23,26H,14-18H2,1-6H3/t26-/m0/s1. The lowest BCUT2D eigenvalue weighted by atomic mass is 9.58. The molecule has 7 rings (SSSR count). The number of ether oxygens (including phenoxy) is 1. The summed E-state index contributed by atoms with van der Waals surface area (Å²) >= 11 is 1.63. The second-order valence-electron chi connectivity index (χ2n) is 13.4. The Morgan fingerprint density at radius 3 is 2.67 bits per heavy atom. The predicted molar refractivity (Wildman–Crippen MR) is 168 cm³/mol. The first-order chi connectivity index (χ1) is 21.4. The zero-order chi connectivity index (χ0) is 31.7. The lowest BCUT2D eigenvalue weighted by Crippen LogP contribution is -2.64. The topological polar surface area (TPSA) is 98.6 Å². The van der Waals surface area contributed by atoms with Gasteiger partial charge in [-0.2, -0.15) is 0 Å². The van der Waals surface area contributed by atoms with Gasteiger partial charge in [-0.15, -0.1) is 21.5 Å². The molecular formula is C34H35FN6O3S. The molecule has 1 saturated carbocycles. The third-order valence-corrected chi connectivity index (χ3v) is 9.99. The molecule has 1 amide bonds. The highest BCUT2D eigenvalue weighted by molar-refractivity contribution is 7.15. The summed E-state index contributed by atoms with van der Waals surface area (Å²) in [5.74, 6) is 8.32. The molecule has 2 aliphatic heterocycles. The second-order valence-corrected chi connectivity index (χ2v) is 14.6. The Morgan fingerprint density at radius 1 is 1.20 bits per heavy atom. The summed E-state index contributed by atoms with van der Waals surface area (Å²) in [5.41, 5.74) is 3.19. The Balaban J connectivity index is 1.13. The number of nitrogens with zero attached hydrogens (tertiary/aromatic N) is 6. The van der Waals surface area contributed by atoms with Crippen molar-refractivity contribution in [3.8, 4) is 16.8 Å². The van der Waals surface area contributed by atoms with Crippen molar-refractivity contribution in [3.63, 3.8) is 0 Å². The molecule has 0 unspecified atom stereocenters. The Hall–Kier alpha value is -4.30. The summed E-state index contributed by atoms with van der Waals surface area (Å²) in [6, 6.07) is 4.67. The molecule has 1 aliphatic carbocycles. The van der Waals surface area contributed by atoms with Gasteiger partial charge in [0, 0.05) is 46.0 Å². The molecule has 0 radical (unpaired) electrons. The molecule has 9 nitrogen and oxygen atoms in total. The summed E-state index contributed by atoms with van der Waals surface area (Å²) in [6.45, 7) is 13.1. The van der Waals surface area contributed by atoms with Gasteiger partial charge >= 0.3 is 6.09 Å². The largest absolute Gasteiger partial charge is 0.449 e. The second kappa shape index (κ2) is 10.7. The van der Waals surface area contributed by atoms with Gasteiger partial charge in [0.25, 0.3) is 0 Å². The number of amides is 1. The van der Waals surface area contributed by atoms with Crippen molar-refractivity contribution in [2.75, 3.05) is 13.1 Å². The number of fused-ring (bicyclic) bond motifs is 3. The maximum absolute atomic E-state index is 16.0. The zero-order valence-electron chi connectivity index (χ0n) is 26.3. The van der Waals surface area contributed by atoms with Crippen molar-refractivity contribution in [2.24, 2.45) is 16.3 Å². The van der Waals surface area contributed by atoms with E-state index in [1.165, 1.54) is 12.3 Å². The number of hydrogen-bond donors (Lipinski definition) is 0. The SMILES string of the molecule is Cc1sc2c(c1C)C(c1ccc(C#CC3CC4(C3)CN(C(=O)OC(C)(C)C)C4)cc1F)=N[C@@H](Cc1ncco1)c1nnc(C)n1-2. The number of carbonyl (C=O) groups is 1. The number of likely N-dealkylation sites (tertiary alicyclic amines) is 1. The quantitative estimate of drug-likeness (QED) is 0.240. The van der Waals surface area contributed by atoms with Gasteiger partial charge in [0.15, 0.2) is 11.7 Å². The normalized spacial score (nSPS) is 18.6. The van der Waals surface area contributed by atoms with E-state index in [0.717, 1.165) is 39.7 Å². The molecule has 0 N–H and O–H groups in total. The number of oxazole rings is 1. The maximum atomic E-state index is 16.0. The molecule has 3 aliphatic rings. The summed E-state index contributed by atoms with van der Waals surface area (Å²) in [7, 11) is 0. The number of aromatic nitrogens is 4. The molecule has 1 spiro atoms. The van der Waals surface area contributed by atoms with Gasteiger partial charge in [-0.1, -0.05) is 11.8 Å². The fourth-order valence-electron chi connectivity index (χ4n) is 6.56. The third-order valence-electron chi connectivity index (χ3n) is 8.80. The maximum Gasteiger partial charge on any atom is 0.410 e. The van der Waals surface area contributed by atoms with Gasteiger partial charge in [0.2, 0.25) is 0 Å². The minimum atomic E-state index is -0.496. The van der Waals surface area contributed by atoms with Crippen molar-refractivity contribution in [1.82, 2.24) is 24.6 Å². The van der Waals surface area contributed by atoms with Crippen molar-refractivity contribution < 1.29 is 18.3 Å². The smallest absolute Gasteiger partial charge is 0.410 e. The lowest BCUT2D eigenvalue weighted by Gasteiger charge is -2.57. The number of hydrogen-bond acceptors (Lipinski definition) is 8. The van der Waals surface area contributed by atoms with Gasteiger partial charge in [-0.25, -0.2) is 14.2 Å². The third kappa shape index (κ3) is 5.35. The van der Waals surface area contributed by atoms with Crippen molar-refractivity contribution in [3.05, 3.63) is 81.1 Å². The average molecular weight is 627 g/mol. The first-order valence-electron chi connectivity index (χ1n) is 15.2. The molecule has 1 aromatic carbocycles. The number of rotatable bonds is 3. The Bertz CT molecular complexity index is 1890. The summed E-state index contributed by atoms with van der Waals surface area (Å²) < 4.78 is 29.1. The number of benzene rings is 1. The van der Waals surface area contributed by atoms with Crippen LogP contribution in [-0.4, -0.2) is 55.1 Å². The molecule has 45 heavy (non-hydrogen) atoms. The first-order valence-corrected chi connectivity index (χ1v) is 16.0. The van der Waals surface area contributed by atoms with E-state index in [1.807, 2.05) is 45.3 Å². The van der Waals surface area contributed by atoms with Gasteiger partial charge in [0.05, 0.1) is 18.3 Å². The summed E-state index contributed by atoms with van der Waals surface area (Å²) in [4.78, 5) is 24.6. The van der Waals surface area contributed by atoms with Crippen molar-refractivity contribution >= 4 is 23.1 Å². The predicted octanol–water partition coefficient (Wildman–Crippen LogP) is 6.51. The Morgan fingerprint density at radius 2 is 1.98 bits per heavy atom. The fourth-order valence-corrected chi connectivity index (χ4v) is 7.78. The van der Waals surface area contributed by atoms with E-state index in [2.05, 4.69) is 33.9 Å². The van der Waals surface area contributed by atoms with Crippen LogP contribution in [-0.2, 0) is 11.2 Å². The van der Waals surface area contributed by atoms with E-state index in [1.54, 1.807) is 28.5 Å². The lowest BCUT2D eigenvalue weighted by molar-refractivity contribution is -0.0832. The van der Waals surface area contributed by atoms with E-state index in [4.69, 9.17) is 14.1 Å². The fraction of sp³-hybridized carbons (Fsp3) is 0.441. The van der Waals surface area contributed by atoms with Crippen LogP contribution in [0.25, 0.3) is 5.00 Å². The van der Waals surface area contributed by atoms with E-state index < -0.39 is 11.6 Å². The number of aryl methyl sites for hydroxylation is 2. The van der Waals surface area contributed by atoms with Gasteiger partial charge in [0.1, 0.15) is 34.5 Å². The highest BCUT2D eigenvalue weighted by atomic mass is 32.1. The van der Waals surface area contributed by atoms with Crippen LogP contribution < -0.4 is 0 Å². The molecular weight excluding hydrogens is 591 g/mol. The summed E-state index contributed by atoms with van der Waals surface area (Å²) in [6.07, 6.45) is 5.12.